The highest BCUT2D eigenvalue weighted by molar-refractivity contribution is 6.28. The summed E-state index contributed by atoms with van der Waals surface area (Å²) in [6.45, 7) is 0. The molecule has 0 spiro atoms. The number of hydrogen-bond acceptors (Lipinski definition) is 3. The summed E-state index contributed by atoms with van der Waals surface area (Å²) in [6.07, 6.45) is 1.68. The number of benzene rings is 5. The Hall–Kier alpha value is -4.94. The average Bonchev–Trinajstić information content (AvgIpc) is 3.32. The SMILES string of the molecule is N#Cc1cc(-c2ccc(-c3cc4oc5ccc6ccccc6c5c4c4ccccc34)cc2)ccn1. The van der Waals surface area contributed by atoms with Crippen LogP contribution in [0.15, 0.2) is 114 Å². The van der Waals surface area contributed by atoms with E-state index < -0.39 is 0 Å². The lowest BCUT2D eigenvalue weighted by molar-refractivity contribution is 0.669. The van der Waals surface area contributed by atoms with Crippen LogP contribution in [0.2, 0.25) is 0 Å². The minimum Gasteiger partial charge on any atom is -0.456 e. The maximum absolute atomic E-state index is 9.18. The predicted octanol–water partition coefficient (Wildman–Crippen LogP) is 8.49. The van der Waals surface area contributed by atoms with E-state index in [1.807, 2.05) is 12.1 Å². The topological polar surface area (TPSA) is 49.8 Å². The van der Waals surface area contributed by atoms with E-state index in [-0.39, 0.29) is 0 Å². The summed E-state index contributed by atoms with van der Waals surface area (Å²) < 4.78 is 6.41. The van der Waals surface area contributed by atoms with Crippen LogP contribution in [0.4, 0.5) is 0 Å². The van der Waals surface area contributed by atoms with Crippen LogP contribution in [0.3, 0.4) is 0 Å². The molecule has 0 unspecified atom stereocenters. The van der Waals surface area contributed by atoms with Gasteiger partial charge in [-0.05, 0) is 68.1 Å². The maximum atomic E-state index is 9.18. The third kappa shape index (κ3) is 3.01. The van der Waals surface area contributed by atoms with E-state index in [0.717, 1.165) is 38.8 Å². The number of nitriles is 1. The first-order valence-corrected chi connectivity index (χ1v) is 11.5. The Morgan fingerprint density at radius 1 is 0.600 bits per heavy atom. The fraction of sp³-hybridized carbons (Fsp3) is 0. The van der Waals surface area contributed by atoms with Crippen LogP contribution in [0.25, 0.3) is 65.7 Å². The van der Waals surface area contributed by atoms with E-state index >= 15 is 0 Å². The molecule has 3 nitrogen and oxygen atoms in total. The van der Waals surface area contributed by atoms with Gasteiger partial charge in [0.2, 0.25) is 0 Å². The minimum absolute atomic E-state index is 0.417. The largest absolute Gasteiger partial charge is 0.456 e. The van der Waals surface area contributed by atoms with Crippen LogP contribution in [-0.4, -0.2) is 4.98 Å². The highest BCUT2D eigenvalue weighted by Gasteiger charge is 2.16. The van der Waals surface area contributed by atoms with Crippen molar-refractivity contribution in [2.45, 2.75) is 0 Å². The fourth-order valence-corrected chi connectivity index (χ4v) is 5.15. The molecule has 2 heterocycles. The lowest BCUT2D eigenvalue weighted by atomic mass is 9.93. The fourth-order valence-electron chi connectivity index (χ4n) is 5.15. The van der Waals surface area contributed by atoms with Gasteiger partial charge in [0, 0.05) is 17.0 Å². The van der Waals surface area contributed by atoms with Crippen molar-refractivity contribution in [3.05, 3.63) is 115 Å². The van der Waals surface area contributed by atoms with E-state index in [1.54, 1.807) is 6.20 Å². The van der Waals surface area contributed by atoms with E-state index in [0.29, 0.717) is 5.69 Å². The Balaban J connectivity index is 1.47. The highest BCUT2D eigenvalue weighted by atomic mass is 16.3. The molecule has 0 aliphatic rings. The average molecular weight is 447 g/mol. The van der Waals surface area contributed by atoms with Crippen LogP contribution < -0.4 is 0 Å². The second kappa shape index (κ2) is 7.55. The Morgan fingerprint density at radius 2 is 1.31 bits per heavy atom. The smallest absolute Gasteiger partial charge is 0.141 e. The molecule has 7 aromatic rings. The van der Waals surface area contributed by atoms with Crippen LogP contribution in [0, 0.1) is 11.3 Å². The zero-order chi connectivity index (χ0) is 23.4. The first-order chi connectivity index (χ1) is 17.3. The van der Waals surface area contributed by atoms with Gasteiger partial charge in [0.25, 0.3) is 0 Å². The number of aromatic nitrogens is 1. The van der Waals surface area contributed by atoms with Crippen LogP contribution in [-0.2, 0) is 0 Å². The second-order valence-corrected chi connectivity index (χ2v) is 8.72. The maximum Gasteiger partial charge on any atom is 0.141 e. The summed E-state index contributed by atoms with van der Waals surface area (Å²) in [7, 11) is 0. The molecule has 3 heteroatoms. The first kappa shape index (κ1) is 19.5. The van der Waals surface area contributed by atoms with Crippen molar-refractivity contribution in [1.29, 1.82) is 5.26 Å². The van der Waals surface area contributed by atoms with Crippen molar-refractivity contribution in [3.8, 4) is 28.3 Å². The van der Waals surface area contributed by atoms with Crippen molar-refractivity contribution >= 4 is 43.5 Å². The summed E-state index contributed by atoms with van der Waals surface area (Å²) in [5, 5.41) is 16.3. The molecule has 0 amide bonds. The molecule has 162 valence electrons. The Morgan fingerprint density at radius 3 is 2.14 bits per heavy atom. The van der Waals surface area contributed by atoms with Gasteiger partial charge < -0.3 is 4.42 Å². The number of pyridine rings is 1. The van der Waals surface area contributed by atoms with Crippen molar-refractivity contribution in [3.63, 3.8) is 0 Å². The van der Waals surface area contributed by atoms with Crippen LogP contribution >= 0.6 is 0 Å². The third-order valence-corrected chi connectivity index (χ3v) is 6.77. The molecule has 2 aromatic heterocycles. The molecule has 0 radical (unpaired) electrons. The van der Waals surface area contributed by atoms with Gasteiger partial charge in [0.15, 0.2) is 0 Å². The predicted molar refractivity (Wildman–Crippen MR) is 142 cm³/mol. The van der Waals surface area contributed by atoms with E-state index in [2.05, 4.69) is 102 Å². The van der Waals surface area contributed by atoms with Crippen molar-refractivity contribution in [2.75, 3.05) is 0 Å². The molecule has 0 N–H and O–H groups in total. The van der Waals surface area contributed by atoms with E-state index in [9.17, 15) is 5.26 Å². The molecule has 7 rings (SSSR count). The molecule has 0 saturated carbocycles. The van der Waals surface area contributed by atoms with Crippen LogP contribution in [0.5, 0.6) is 0 Å². The van der Waals surface area contributed by atoms with Gasteiger partial charge in [-0.1, -0.05) is 78.9 Å². The molecule has 0 aliphatic carbocycles. The normalized spacial score (nSPS) is 11.4. The second-order valence-electron chi connectivity index (χ2n) is 8.72. The van der Waals surface area contributed by atoms with Crippen molar-refractivity contribution in [1.82, 2.24) is 4.98 Å². The van der Waals surface area contributed by atoms with E-state index in [4.69, 9.17) is 4.42 Å². The summed E-state index contributed by atoms with van der Waals surface area (Å²) in [6, 6.07) is 37.7. The molecule has 0 fully saturated rings. The van der Waals surface area contributed by atoms with Gasteiger partial charge >= 0.3 is 0 Å². The molecule has 0 atom stereocenters. The zero-order valence-corrected chi connectivity index (χ0v) is 18.7. The lowest BCUT2D eigenvalue weighted by Gasteiger charge is -2.10. The molecule has 0 aliphatic heterocycles. The summed E-state index contributed by atoms with van der Waals surface area (Å²) in [5.74, 6) is 0. The molecular weight excluding hydrogens is 428 g/mol. The Labute approximate surface area is 201 Å². The molecule has 0 saturated heterocycles. The van der Waals surface area contributed by atoms with Crippen molar-refractivity contribution in [2.24, 2.45) is 0 Å². The van der Waals surface area contributed by atoms with Gasteiger partial charge in [0.05, 0.1) is 0 Å². The quantitative estimate of drug-likeness (QED) is 0.267. The Bertz CT molecular complexity index is 1960. The minimum atomic E-state index is 0.417. The first-order valence-electron chi connectivity index (χ1n) is 11.5. The van der Waals surface area contributed by atoms with Gasteiger partial charge in [0.1, 0.15) is 22.9 Å². The van der Waals surface area contributed by atoms with Crippen LogP contribution in [0.1, 0.15) is 5.69 Å². The molecule has 5 aromatic carbocycles. The molecule has 35 heavy (non-hydrogen) atoms. The number of rotatable bonds is 2. The van der Waals surface area contributed by atoms with Crippen molar-refractivity contribution < 1.29 is 4.42 Å². The van der Waals surface area contributed by atoms with E-state index in [1.165, 1.54) is 26.9 Å². The van der Waals surface area contributed by atoms with Gasteiger partial charge in [-0.3, -0.25) is 0 Å². The monoisotopic (exact) mass is 446 g/mol. The molecular formula is C32H18N2O. The number of fused-ring (bicyclic) bond motifs is 7. The lowest BCUT2D eigenvalue weighted by Crippen LogP contribution is -1.86. The Kier molecular flexibility index (Phi) is 4.21. The number of nitrogens with zero attached hydrogens (tertiary/aromatic N) is 2. The molecule has 0 bridgehead atoms. The summed E-state index contributed by atoms with van der Waals surface area (Å²) >= 11 is 0. The van der Waals surface area contributed by atoms with Gasteiger partial charge in [-0.2, -0.15) is 5.26 Å². The summed E-state index contributed by atoms with van der Waals surface area (Å²) in [4.78, 5) is 4.08. The highest BCUT2D eigenvalue weighted by Crippen LogP contribution is 2.42. The standard InChI is InChI=1S/C32H18N2O/c33-19-24-17-23(15-16-34-24)20-9-11-22(12-10-20)28-18-30-32(27-8-4-3-7-26(27)28)31-25-6-2-1-5-21(25)13-14-29(31)35-30/h1-18H. The summed E-state index contributed by atoms with van der Waals surface area (Å²) in [5.41, 5.74) is 6.49. The zero-order valence-electron chi connectivity index (χ0n) is 18.7. The number of hydrogen-bond donors (Lipinski definition) is 0. The third-order valence-electron chi connectivity index (χ3n) is 6.77. The van der Waals surface area contributed by atoms with Gasteiger partial charge in [-0.25, -0.2) is 4.98 Å². The number of furan rings is 1. The van der Waals surface area contributed by atoms with Gasteiger partial charge in [-0.15, -0.1) is 0 Å².